The van der Waals surface area contributed by atoms with Gasteiger partial charge in [-0.3, -0.25) is 0 Å². The molecule has 4 fully saturated rings. The van der Waals surface area contributed by atoms with Crippen LogP contribution in [0.1, 0.15) is 85.5 Å². The lowest BCUT2D eigenvalue weighted by molar-refractivity contribution is -0.171. The van der Waals surface area contributed by atoms with E-state index in [1.165, 1.54) is 44.9 Å². The van der Waals surface area contributed by atoms with Crippen LogP contribution in [0.4, 0.5) is 0 Å². The van der Waals surface area contributed by atoms with Crippen molar-refractivity contribution in [3.63, 3.8) is 0 Å². The van der Waals surface area contributed by atoms with Gasteiger partial charge >= 0.3 is 0 Å². The van der Waals surface area contributed by atoms with Crippen LogP contribution in [0.2, 0.25) is 0 Å². The molecule has 4 aliphatic rings. The summed E-state index contributed by atoms with van der Waals surface area (Å²) in [6, 6.07) is 0. The van der Waals surface area contributed by atoms with Gasteiger partial charge in [0, 0.05) is 6.61 Å². The molecule has 2 heteroatoms. The van der Waals surface area contributed by atoms with Crippen molar-refractivity contribution in [3.8, 4) is 0 Å². The van der Waals surface area contributed by atoms with Crippen LogP contribution in [-0.2, 0) is 4.74 Å². The molecule has 0 spiro atoms. The molecule has 25 heavy (non-hydrogen) atoms. The van der Waals surface area contributed by atoms with E-state index in [9.17, 15) is 5.11 Å². The van der Waals surface area contributed by atoms with Gasteiger partial charge in [-0.2, -0.15) is 0 Å². The number of hydrogen-bond acceptors (Lipinski definition) is 2. The smallest absolute Gasteiger partial charge is 0.0839 e. The Morgan fingerprint density at radius 1 is 1.04 bits per heavy atom. The van der Waals surface area contributed by atoms with E-state index in [2.05, 4.69) is 27.7 Å². The third-order valence-electron chi connectivity index (χ3n) is 9.09. The van der Waals surface area contributed by atoms with Crippen LogP contribution in [0.15, 0.2) is 0 Å². The van der Waals surface area contributed by atoms with E-state index < -0.39 is 0 Å². The fourth-order valence-corrected chi connectivity index (χ4v) is 7.73. The largest absolute Gasteiger partial charge is 0.390 e. The van der Waals surface area contributed by atoms with Gasteiger partial charge in [-0.05, 0) is 91.8 Å². The Morgan fingerprint density at radius 2 is 1.84 bits per heavy atom. The fraction of sp³-hybridized carbons (Fsp3) is 1.00. The Balaban J connectivity index is 1.54. The van der Waals surface area contributed by atoms with Gasteiger partial charge in [0.05, 0.1) is 12.2 Å². The molecule has 8 unspecified atom stereocenters. The van der Waals surface area contributed by atoms with Crippen molar-refractivity contribution >= 4 is 0 Å². The number of rotatable bonds is 3. The molecule has 2 nitrogen and oxygen atoms in total. The highest BCUT2D eigenvalue weighted by molar-refractivity contribution is 5.08. The Labute approximate surface area is 155 Å². The van der Waals surface area contributed by atoms with Crippen molar-refractivity contribution < 1.29 is 9.84 Å². The van der Waals surface area contributed by atoms with Crippen LogP contribution < -0.4 is 0 Å². The lowest BCUT2D eigenvalue weighted by Gasteiger charge is -2.61. The van der Waals surface area contributed by atoms with Crippen molar-refractivity contribution in [1.82, 2.24) is 0 Å². The van der Waals surface area contributed by atoms with Crippen LogP contribution in [0.5, 0.6) is 0 Å². The number of aliphatic hydroxyl groups excluding tert-OH is 1. The Bertz CT molecular complexity index is 488. The average Bonchev–Trinajstić information content (AvgIpc) is 2.95. The molecule has 0 aliphatic heterocycles. The fourth-order valence-electron chi connectivity index (χ4n) is 7.73. The average molecular weight is 349 g/mol. The zero-order valence-corrected chi connectivity index (χ0v) is 17.0. The zero-order chi connectivity index (χ0) is 17.8. The first-order chi connectivity index (χ1) is 11.8. The summed E-state index contributed by atoms with van der Waals surface area (Å²) in [5, 5.41) is 10.7. The van der Waals surface area contributed by atoms with Gasteiger partial charge in [0.2, 0.25) is 0 Å². The second-order valence-corrected chi connectivity index (χ2v) is 11.0. The molecule has 0 radical (unpaired) electrons. The lowest BCUT2D eigenvalue weighted by Crippen LogP contribution is -2.56. The van der Waals surface area contributed by atoms with Gasteiger partial charge in [-0.25, -0.2) is 0 Å². The zero-order valence-electron chi connectivity index (χ0n) is 17.0. The molecular formula is C23H40O2. The highest BCUT2D eigenvalue weighted by Crippen LogP contribution is 2.66. The molecule has 8 atom stereocenters. The second-order valence-electron chi connectivity index (χ2n) is 11.0. The molecule has 144 valence electrons. The Morgan fingerprint density at radius 3 is 2.60 bits per heavy atom. The predicted octanol–water partition coefficient (Wildman–Crippen LogP) is 5.43. The number of ether oxygens (including phenoxy) is 1. The van der Waals surface area contributed by atoms with Gasteiger partial charge in [0.1, 0.15) is 0 Å². The van der Waals surface area contributed by atoms with E-state index in [1.54, 1.807) is 0 Å². The van der Waals surface area contributed by atoms with E-state index >= 15 is 0 Å². The van der Waals surface area contributed by atoms with E-state index in [0.717, 1.165) is 37.2 Å². The van der Waals surface area contributed by atoms with Gasteiger partial charge in [-0.1, -0.05) is 34.1 Å². The maximum absolute atomic E-state index is 10.7. The molecular weight excluding hydrogens is 308 g/mol. The molecule has 0 bridgehead atoms. The van der Waals surface area contributed by atoms with Crippen molar-refractivity contribution in [2.45, 2.75) is 97.7 Å². The van der Waals surface area contributed by atoms with Gasteiger partial charge < -0.3 is 9.84 Å². The van der Waals surface area contributed by atoms with Crippen LogP contribution in [0.3, 0.4) is 0 Å². The Kier molecular flexibility index (Phi) is 4.77. The number of aliphatic hydroxyl groups is 1. The standard InChI is InChI=1S/C23H40O2/c1-15(2)14-25-21-13-23(4)16(12-20(21)24)7-8-17-18-6-5-10-22(18,3)11-9-19(17)23/h15-21,24H,5-14H2,1-4H3. The quantitative estimate of drug-likeness (QED) is 0.737. The third kappa shape index (κ3) is 3.00. The molecule has 1 N–H and O–H groups in total. The van der Waals surface area contributed by atoms with Crippen molar-refractivity contribution in [2.75, 3.05) is 6.61 Å². The third-order valence-corrected chi connectivity index (χ3v) is 9.09. The minimum Gasteiger partial charge on any atom is -0.390 e. The summed E-state index contributed by atoms with van der Waals surface area (Å²) in [7, 11) is 0. The SMILES string of the molecule is CC(C)COC1CC2(C)C(CCC3C4CCCC4(C)CCC32)CC1O. The molecule has 0 aromatic heterocycles. The van der Waals surface area contributed by atoms with Crippen molar-refractivity contribution in [3.05, 3.63) is 0 Å². The van der Waals surface area contributed by atoms with Crippen LogP contribution in [-0.4, -0.2) is 23.9 Å². The summed E-state index contributed by atoms with van der Waals surface area (Å²) in [6.45, 7) is 10.4. The van der Waals surface area contributed by atoms with E-state index in [0.29, 0.717) is 22.7 Å². The van der Waals surface area contributed by atoms with E-state index in [-0.39, 0.29) is 12.2 Å². The molecule has 0 amide bonds. The summed E-state index contributed by atoms with van der Waals surface area (Å²) in [5.74, 6) is 4.06. The van der Waals surface area contributed by atoms with Gasteiger partial charge in [-0.15, -0.1) is 0 Å². The first kappa shape index (κ1) is 18.3. The van der Waals surface area contributed by atoms with Crippen LogP contribution >= 0.6 is 0 Å². The first-order valence-electron chi connectivity index (χ1n) is 11.1. The van der Waals surface area contributed by atoms with Gasteiger partial charge in [0.15, 0.2) is 0 Å². The molecule has 0 aromatic carbocycles. The highest BCUT2D eigenvalue weighted by atomic mass is 16.5. The number of fused-ring (bicyclic) bond motifs is 5. The first-order valence-corrected chi connectivity index (χ1v) is 11.1. The summed E-state index contributed by atoms with van der Waals surface area (Å²) in [4.78, 5) is 0. The van der Waals surface area contributed by atoms with Crippen LogP contribution in [0, 0.1) is 40.4 Å². The topological polar surface area (TPSA) is 29.5 Å². The highest BCUT2D eigenvalue weighted by Gasteiger charge is 2.59. The summed E-state index contributed by atoms with van der Waals surface area (Å²) < 4.78 is 6.21. The van der Waals surface area contributed by atoms with E-state index in [1.807, 2.05) is 0 Å². The molecule has 0 saturated heterocycles. The van der Waals surface area contributed by atoms with E-state index in [4.69, 9.17) is 4.74 Å². The summed E-state index contributed by atoms with van der Waals surface area (Å²) in [6.07, 6.45) is 12.0. The predicted molar refractivity (Wildman–Crippen MR) is 102 cm³/mol. The summed E-state index contributed by atoms with van der Waals surface area (Å²) >= 11 is 0. The maximum atomic E-state index is 10.7. The lowest BCUT2D eigenvalue weighted by atomic mass is 9.45. The molecule has 4 rings (SSSR count). The van der Waals surface area contributed by atoms with Crippen LogP contribution in [0.25, 0.3) is 0 Å². The number of hydrogen-bond donors (Lipinski definition) is 1. The second kappa shape index (κ2) is 6.51. The maximum Gasteiger partial charge on any atom is 0.0839 e. The normalized spacial score (nSPS) is 52.6. The molecule has 4 aliphatic carbocycles. The van der Waals surface area contributed by atoms with Crippen molar-refractivity contribution in [2.24, 2.45) is 40.4 Å². The van der Waals surface area contributed by atoms with Gasteiger partial charge in [0.25, 0.3) is 0 Å². The molecule has 4 saturated carbocycles. The monoisotopic (exact) mass is 348 g/mol. The minimum absolute atomic E-state index is 0.0688. The van der Waals surface area contributed by atoms with Crippen molar-refractivity contribution in [1.29, 1.82) is 0 Å². The Hall–Kier alpha value is -0.0800. The molecule has 0 aromatic rings. The summed E-state index contributed by atoms with van der Waals surface area (Å²) in [5.41, 5.74) is 1.04. The minimum atomic E-state index is -0.242. The molecule has 0 heterocycles.